The molecule has 0 bridgehead atoms. The summed E-state index contributed by atoms with van der Waals surface area (Å²) in [5, 5.41) is 8.92. The molecular formula is C12H11NO3S. The smallest absolute Gasteiger partial charge is 0.358 e. The number of aromatic nitrogens is 1. The van der Waals surface area contributed by atoms with Gasteiger partial charge in [-0.15, -0.1) is 11.8 Å². The Bertz CT molecular complexity index is 563. The maximum Gasteiger partial charge on any atom is 0.358 e. The van der Waals surface area contributed by atoms with Gasteiger partial charge in [0.1, 0.15) is 5.76 Å². The number of thioether (sulfide) groups is 1. The van der Waals surface area contributed by atoms with Crippen molar-refractivity contribution >= 4 is 17.7 Å². The fraction of sp³-hybridized carbons (Fsp3) is 0.167. The molecule has 1 aromatic heterocycles. The zero-order valence-electron chi connectivity index (χ0n) is 9.43. The number of nitrogens with zero attached hydrogens (tertiary/aromatic N) is 1. The van der Waals surface area contributed by atoms with Gasteiger partial charge in [0.2, 0.25) is 5.89 Å². The van der Waals surface area contributed by atoms with Crippen molar-refractivity contribution in [3.8, 4) is 11.5 Å². The van der Waals surface area contributed by atoms with E-state index < -0.39 is 5.97 Å². The highest BCUT2D eigenvalue weighted by molar-refractivity contribution is 7.98. The van der Waals surface area contributed by atoms with Crippen LogP contribution in [0.2, 0.25) is 0 Å². The van der Waals surface area contributed by atoms with E-state index in [-0.39, 0.29) is 5.69 Å². The molecule has 1 heterocycles. The summed E-state index contributed by atoms with van der Waals surface area (Å²) >= 11 is 1.57. The molecular weight excluding hydrogens is 238 g/mol. The maximum atomic E-state index is 10.9. The minimum absolute atomic E-state index is 0.0316. The van der Waals surface area contributed by atoms with Crippen LogP contribution in [0.1, 0.15) is 16.2 Å². The Morgan fingerprint density at radius 2 is 2.12 bits per heavy atom. The predicted octanol–water partition coefficient (Wildman–Crippen LogP) is 3.07. The van der Waals surface area contributed by atoms with Crippen LogP contribution in [0.15, 0.2) is 33.6 Å². The summed E-state index contributed by atoms with van der Waals surface area (Å²) in [5.74, 6) is -0.396. The summed E-state index contributed by atoms with van der Waals surface area (Å²) in [6.07, 6.45) is 1.95. The minimum atomic E-state index is -1.07. The molecule has 5 heteroatoms. The van der Waals surface area contributed by atoms with Gasteiger partial charge in [-0.2, -0.15) is 0 Å². The van der Waals surface area contributed by atoms with Gasteiger partial charge in [-0.05, 0) is 25.3 Å². The largest absolute Gasteiger partial charge is 0.476 e. The standard InChI is InChI=1S/C12H11NO3S/c1-7-10(12(14)15)13-11(16-7)8-5-3-4-6-9(8)17-2/h3-6H,1-2H3,(H,14,15). The van der Waals surface area contributed by atoms with Crippen LogP contribution in [0.3, 0.4) is 0 Å². The topological polar surface area (TPSA) is 63.3 Å². The second-order valence-electron chi connectivity index (χ2n) is 3.43. The summed E-state index contributed by atoms with van der Waals surface area (Å²) in [4.78, 5) is 15.9. The number of aryl methyl sites for hydroxylation is 1. The molecule has 0 amide bonds. The molecule has 0 unspecified atom stereocenters. The zero-order chi connectivity index (χ0) is 12.4. The molecule has 0 fully saturated rings. The van der Waals surface area contributed by atoms with Crippen molar-refractivity contribution in [1.29, 1.82) is 0 Å². The lowest BCUT2D eigenvalue weighted by Crippen LogP contribution is -1.98. The Labute approximate surface area is 103 Å². The lowest BCUT2D eigenvalue weighted by molar-refractivity contribution is 0.0689. The quantitative estimate of drug-likeness (QED) is 0.847. The van der Waals surface area contributed by atoms with Crippen molar-refractivity contribution < 1.29 is 14.3 Å². The Kier molecular flexibility index (Phi) is 3.19. The van der Waals surface area contributed by atoms with E-state index >= 15 is 0 Å². The van der Waals surface area contributed by atoms with Gasteiger partial charge in [-0.3, -0.25) is 0 Å². The number of hydrogen-bond donors (Lipinski definition) is 1. The zero-order valence-corrected chi connectivity index (χ0v) is 10.2. The molecule has 0 aliphatic rings. The lowest BCUT2D eigenvalue weighted by Gasteiger charge is -2.01. The number of carboxylic acid groups (broad SMARTS) is 1. The minimum Gasteiger partial charge on any atom is -0.476 e. The molecule has 1 aromatic carbocycles. The van der Waals surface area contributed by atoms with Gasteiger partial charge in [-0.25, -0.2) is 9.78 Å². The van der Waals surface area contributed by atoms with E-state index in [1.807, 2.05) is 30.5 Å². The van der Waals surface area contributed by atoms with Gasteiger partial charge in [0, 0.05) is 4.90 Å². The van der Waals surface area contributed by atoms with Crippen LogP contribution in [0, 0.1) is 6.92 Å². The highest BCUT2D eigenvalue weighted by atomic mass is 32.2. The fourth-order valence-corrected chi connectivity index (χ4v) is 2.12. The van der Waals surface area contributed by atoms with Crippen LogP contribution in [-0.2, 0) is 0 Å². The molecule has 2 aromatic rings. The second kappa shape index (κ2) is 4.63. The molecule has 0 aliphatic heterocycles. The number of carboxylic acids is 1. The number of carbonyl (C=O) groups is 1. The highest BCUT2D eigenvalue weighted by Crippen LogP contribution is 2.30. The van der Waals surface area contributed by atoms with E-state index in [0.717, 1.165) is 10.5 Å². The fourth-order valence-electron chi connectivity index (χ4n) is 1.53. The second-order valence-corrected chi connectivity index (χ2v) is 4.28. The van der Waals surface area contributed by atoms with Gasteiger partial charge in [0.25, 0.3) is 0 Å². The van der Waals surface area contributed by atoms with Crippen LogP contribution in [0.5, 0.6) is 0 Å². The third-order valence-corrected chi connectivity index (χ3v) is 3.13. The summed E-state index contributed by atoms with van der Waals surface area (Å²) < 4.78 is 5.40. The first-order valence-corrected chi connectivity index (χ1v) is 6.20. The summed E-state index contributed by atoms with van der Waals surface area (Å²) in [7, 11) is 0. The van der Waals surface area contributed by atoms with E-state index in [1.54, 1.807) is 18.7 Å². The van der Waals surface area contributed by atoms with Gasteiger partial charge < -0.3 is 9.52 Å². The molecule has 0 spiro atoms. The molecule has 0 aliphatic carbocycles. The number of aromatic carboxylic acids is 1. The van der Waals surface area contributed by atoms with Crippen molar-refractivity contribution in [2.75, 3.05) is 6.26 Å². The van der Waals surface area contributed by atoms with Crippen molar-refractivity contribution in [2.24, 2.45) is 0 Å². The molecule has 4 nitrogen and oxygen atoms in total. The van der Waals surface area contributed by atoms with E-state index in [2.05, 4.69) is 4.98 Å². The molecule has 0 saturated heterocycles. The molecule has 17 heavy (non-hydrogen) atoms. The van der Waals surface area contributed by atoms with E-state index in [4.69, 9.17) is 9.52 Å². The molecule has 88 valence electrons. The van der Waals surface area contributed by atoms with Crippen molar-refractivity contribution in [3.05, 3.63) is 35.7 Å². The van der Waals surface area contributed by atoms with Gasteiger partial charge in [0.15, 0.2) is 5.69 Å². The van der Waals surface area contributed by atoms with Crippen LogP contribution < -0.4 is 0 Å². The molecule has 0 radical (unpaired) electrons. The maximum absolute atomic E-state index is 10.9. The van der Waals surface area contributed by atoms with Crippen molar-refractivity contribution in [1.82, 2.24) is 4.98 Å². The monoisotopic (exact) mass is 249 g/mol. The molecule has 1 N–H and O–H groups in total. The number of rotatable bonds is 3. The molecule has 0 saturated carbocycles. The average Bonchev–Trinajstić information content (AvgIpc) is 2.71. The normalized spacial score (nSPS) is 10.5. The summed E-state index contributed by atoms with van der Waals surface area (Å²) in [6, 6.07) is 7.60. The van der Waals surface area contributed by atoms with Gasteiger partial charge in [-0.1, -0.05) is 12.1 Å². The van der Waals surface area contributed by atoms with Crippen LogP contribution in [0.4, 0.5) is 0 Å². The molecule has 2 rings (SSSR count). The third-order valence-electron chi connectivity index (χ3n) is 2.34. The molecule has 0 atom stereocenters. The van der Waals surface area contributed by atoms with Crippen LogP contribution in [0.25, 0.3) is 11.5 Å². The van der Waals surface area contributed by atoms with Gasteiger partial charge >= 0.3 is 5.97 Å². The van der Waals surface area contributed by atoms with E-state index in [1.165, 1.54) is 0 Å². The van der Waals surface area contributed by atoms with E-state index in [0.29, 0.717) is 11.7 Å². The SMILES string of the molecule is CSc1ccccc1-c1nc(C(=O)O)c(C)o1. The summed E-state index contributed by atoms with van der Waals surface area (Å²) in [6.45, 7) is 1.60. The van der Waals surface area contributed by atoms with E-state index in [9.17, 15) is 4.79 Å². The number of hydrogen-bond acceptors (Lipinski definition) is 4. The Balaban J connectivity index is 2.53. The van der Waals surface area contributed by atoms with Gasteiger partial charge in [0.05, 0.1) is 5.56 Å². The predicted molar refractivity (Wildman–Crippen MR) is 65.4 cm³/mol. The number of benzene rings is 1. The van der Waals surface area contributed by atoms with Crippen molar-refractivity contribution in [3.63, 3.8) is 0 Å². The first kappa shape index (κ1) is 11.7. The Hall–Kier alpha value is -1.75. The Morgan fingerprint density at radius 3 is 2.71 bits per heavy atom. The Morgan fingerprint density at radius 1 is 1.41 bits per heavy atom. The summed E-state index contributed by atoms with van der Waals surface area (Å²) in [5.41, 5.74) is 0.784. The highest BCUT2D eigenvalue weighted by Gasteiger charge is 2.18. The van der Waals surface area contributed by atoms with Crippen molar-refractivity contribution in [2.45, 2.75) is 11.8 Å². The van der Waals surface area contributed by atoms with Crippen LogP contribution in [-0.4, -0.2) is 22.3 Å². The lowest BCUT2D eigenvalue weighted by atomic mass is 10.2. The van der Waals surface area contributed by atoms with Crippen LogP contribution >= 0.6 is 11.8 Å². The number of oxazole rings is 1. The first-order chi connectivity index (χ1) is 8.13. The third kappa shape index (κ3) is 2.19. The first-order valence-electron chi connectivity index (χ1n) is 4.97. The average molecular weight is 249 g/mol.